The van der Waals surface area contributed by atoms with E-state index < -0.39 is 0 Å². The summed E-state index contributed by atoms with van der Waals surface area (Å²) in [5.74, 6) is 0.278. The molecule has 2 aliphatic rings. The zero-order valence-electron chi connectivity index (χ0n) is 18.8. The second-order valence-electron chi connectivity index (χ2n) is 8.96. The maximum atomic E-state index is 12.9. The summed E-state index contributed by atoms with van der Waals surface area (Å²) in [6, 6.07) is 16.2. The number of carbonyl (C=O) groups is 1. The highest BCUT2D eigenvalue weighted by Gasteiger charge is 2.33. The Kier molecular flexibility index (Phi) is 6.79. The van der Waals surface area contributed by atoms with Crippen LogP contribution in [0.5, 0.6) is 0 Å². The zero-order chi connectivity index (χ0) is 22.5. The molecule has 172 valence electrons. The number of likely N-dealkylation sites (tertiary alicyclic amines) is 1. The van der Waals surface area contributed by atoms with Crippen LogP contribution < -0.4 is 5.32 Å². The van der Waals surface area contributed by atoms with Crippen molar-refractivity contribution >= 4 is 5.91 Å². The van der Waals surface area contributed by atoms with Crippen LogP contribution in [0.25, 0.3) is 5.69 Å². The number of carbonyl (C=O) groups excluding carboxylic acids is 1. The molecule has 2 saturated heterocycles. The Hall–Kier alpha value is -3.03. The summed E-state index contributed by atoms with van der Waals surface area (Å²) < 4.78 is 7.56. The van der Waals surface area contributed by atoms with Gasteiger partial charge in [0.15, 0.2) is 0 Å². The predicted octanol–water partition coefficient (Wildman–Crippen LogP) is 3.52. The lowest BCUT2D eigenvalue weighted by Gasteiger charge is -2.37. The summed E-state index contributed by atoms with van der Waals surface area (Å²) in [7, 11) is 0. The van der Waals surface area contributed by atoms with Gasteiger partial charge >= 0.3 is 0 Å². The third-order valence-electron chi connectivity index (χ3n) is 6.68. The van der Waals surface area contributed by atoms with Crippen LogP contribution in [0.3, 0.4) is 0 Å². The Morgan fingerprint density at radius 1 is 1.09 bits per heavy atom. The van der Waals surface area contributed by atoms with Crippen LogP contribution in [0.15, 0.2) is 67.1 Å². The Morgan fingerprint density at radius 3 is 2.79 bits per heavy atom. The van der Waals surface area contributed by atoms with Crippen molar-refractivity contribution in [3.05, 3.63) is 78.4 Å². The maximum absolute atomic E-state index is 12.9. The van der Waals surface area contributed by atoms with Crippen molar-refractivity contribution in [3.8, 4) is 5.69 Å². The lowest BCUT2D eigenvalue weighted by molar-refractivity contribution is -0.131. The van der Waals surface area contributed by atoms with Gasteiger partial charge in [0.1, 0.15) is 6.10 Å². The number of pyridine rings is 1. The molecular formula is C26H31N5O2. The molecule has 1 aromatic carbocycles. The standard InChI is InChI=1S/C26H31N5O2/c32-26(24-12-6-17-33-24)29-25(22-10-3-4-13-27-22)21-9-5-15-30(19-21)18-20-8-1-2-11-23(20)31-16-7-14-28-31/h1-4,7-8,10-11,13-14,16,21,24-25H,5-6,9,12,15,17-19H2,(H,29,32)/t21-,24-,25-/m0/s1. The number of amides is 1. The van der Waals surface area contributed by atoms with Crippen LogP contribution in [-0.4, -0.2) is 51.4 Å². The first-order valence-electron chi connectivity index (χ1n) is 11.9. The van der Waals surface area contributed by atoms with Crippen molar-refractivity contribution in [2.24, 2.45) is 5.92 Å². The van der Waals surface area contributed by atoms with Gasteiger partial charge in [-0.2, -0.15) is 5.10 Å². The summed E-state index contributed by atoms with van der Waals surface area (Å²) >= 11 is 0. The van der Waals surface area contributed by atoms with E-state index in [0.717, 1.165) is 56.7 Å². The zero-order valence-corrected chi connectivity index (χ0v) is 18.8. The molecule has 2 aromatic heterocycles. The summed E-state index contributed by atoms with van der Waals surface area (Å²) in [5.41, 5.74) is 3.28. The molecule has 7 heteroatoms. The van der Waals surface area contributed by atoms with E-state index in [1.54, 1.807) is 0 Å². The number of hydrogen-bond donors (Lipinski definition) is 1. The fraction of sp³-hybridized carbons (Fsp3) is 0.423. The molecule has 4 heterocycles. The third-order valence-corrected chi connectivity index (χ3v) is 6.68. The number of benzene rings is 1. The number of para-hydroxylation sites is 1. The van der Waals surface area contributed by atoms with E-state index in [2.05, 4.69) is 44.6 Å². The second kappa shape index (κ2) is 10.3. The molecule has 33 heavy (non-hydrogen) atoms. The molecule has 1 N–H and O–H groups in total. The van der Waals surface area contributed by atoms with Crippen LogP contribution in [0.2, 0.25) is 0 Å². The van der Waals surface area contributed by atoms with Crippen LogP contribution in [0.4, 0.5) is 0 Å². The number of piperidine rings is 1. The topological polar surface area (TPSA) is 72.3 Å². The average molecular weight is 446 g/mol. The molecule has 3 atom stereocenters. The molecular weight excluding hydrogens is 414 g/mol. The highest BCUT2D eigenvalue weighted by molar-refractivity contribution is 5.81. The molecule has 2 fully saturated rings. The third kappa shape index (κ3) is 5.15. The van der Waals surface area contributed by atoms with Crippen molar-refractivity contribution in [2.75, 3.05) is 19.7 Å². The summed E-state index contributed by atoms with van der Waals surface area (Å²) in [6.07, 6.45) is 9.15. The molecule has 0 aliphatic carbocycles. The van der Waals surface area contributed by atoms with E-state index in [9.17, 15) is 4.79 Å². The van der Waals surface area contributed by atoms with Gasteiger partial charge in [-0.15, -0.1) is 0 Å². The van der Waals surface area contributed by atoms with Crippen LogP contribution in [-0.2, 0) is 16.1 Å². The summed E-state index contributed by atoms with van der Waals surface area (Å²) in [5, 5.41) is 7.72. The SMILES string of the molecule is O=C(N[C@H](c1ccccn1)[C@H]1CCCN(Cc2ccccc2-n2cccn2)C1)[C@@H]1CCCO1. The van der Waals surface area contributed by atoms with E-state index in [1.165, 1.54) is 5.56 Å². The van der Waals surface area contributed by atoms with Crippen molar-refractivity contribution in [3.63, 3.8) is 0 Å². The van der Waals surface area contributed by atoms with E-state index in [0.29, 0.717) is 6.61 Å². The Balaban J connectivity index is 1.33. The maximum Gasteiger partial charge on any atom is 0.249 e. The highest BCUT2D eigenvalue weighted by Crippen LogP contribution is 2.31. The minimum absolute atomic E-state index is 0.00990. The van der Waals surface area contributed by atoms with Crippen LogP contribution in [0.1, 0.15) is 43.0 Å². The van der Waals surface area contributed by atoms with E-state index >= 15 is 0 Å². The number of ether oxygens (including phenoxy) is 1. The lowest BCUT2D eigenvalue weighted by Crippen LogP contribution is -2.45. The lowest BCUT2D eigenvalue weighted by atomic mass is 9.88. The first-order chi connectivity index (χ1) is 16.3. The first-order valence-corrected chi connectivity index (χ1v) is 11.9. The molecule has 0 bridgehead atoms. The largest absolute Gasteiger partial charge is 0.368 e. The van der Waals surface area contributed by atoms with Gasteiger partial charge in [-0.3, -0.25) is 14.7 Å². The van der Waals surface area contributed by atoms with Gasteiger partial charge in [-0.1, -0.05) is 24.3 Å². The number of nitrogens with zero attached hydrogens (tertiary/aromatic N) is 4. The highest BCUT2D eigenvalue weighted by atomic mass is 16.5. The monoisotopic (exact) mass is 445 g/mol. The van der Waals surface area contributed by atoms with Crippen molar-refractivity contribution in [1.82, 2.24) is 25.0 Å². The normalized spacial score (nSPS) is 22.2. The van der Waals surface area contributed by atoms with Gasteiger partial charge in [0.05, 0.1) is 17.4 Å². The molecule has 2 aliphatic heterocycles. The molecule has 0 unspecified atom stereocenters. The molecule has 7 nitrogen and oxygen atoms in total. The van der Waals surface area contributed by atoms with E-state index in [1.807, 2.05) is 47.5 Å². The van der Waals surface area contributed by atoms with Crippen molar-refractivity contribution in [1.29, 1.82) is 0 Å². The second-order valence-corrected chi connectivity index (χ2v) is 8.96. The van der Waals surface area contributed by atoms with Crippen LogP contribution in [0, 0.1) is 5.92 Å². The summed E-state index contributed by atoms with van der Waals surface area (Å²) in [6.45, 7) is 3.46. The number of hydrogen-bond acceptors (Lipinski definition) is 5. The van der Waals surface area contributed by atoms with Gasteiger partial charge in [0, 0.05) is 38.3 Å². The smallest absolute Gasteiger partial charge is 0.249 e. The Bertz CT molecular complexity index is 1030. The minimum Gasteiger partial charge on any atom is -0.368 e. The van der Waals surface area contributed by atoms with Crippen molar-refractivity contribution in [2.45, 2.75) is 44.4 Å². The van der Waals surface area contributed by atoms with Gasteiger partial charge in [0.25, 0.3) is 0 Å². The predicted molar refractivity (Wildman–Crippen MR) is 126 cm³/mol. The Morgan fingerprint density at radius 2 is 2.00 bits per heavy atom. The molecule has 3 aromatic rings. The van der Waals surface area contributed by atoms with Gasteiger partial charge in [-0.25, -0.2) is 4.68 Å². The summed E-state index contributed by atoms with van der Waals surface area (Å²) in [4.78, 5) is 20.0. The molecule has 0 spiro atoms. The first kappa shape index (κ1) is 21.8. The van der Waals surface area contributed by atoms with Gasteiger partial charge < -0.3 is 10.1 Å². The van der Waals surface area contributed by atoms with Crippen LogP contribution >= 0.6 is 0 Å². The van der Waals surface area contributed by atoms with Gasteiger partial charge in [0.2, 0.25) is 5.91 Å². The quantitative estimate of drug-likeness (QED) is 0.603. The minimum atomic E-state index is -0.336. The van der Waals surface area contributed by atoms with Crippen molar-refractivity contribution < 1.29 is 9.53 Å². The van der Waals surface area contributed by atoms with Gasteiger partial charge in [-0.05, 0) is 68.0 Å². The number of rotatable bonds is 7. The van der Waals surface area contributed by atoms with E-state index in [-0.39, 0.29) is 24.0 Å². The molecule has 0 radical (unpaired) electrons. The number of nitrogens with one attached hydrogen (secondary N) is 1. The molecule has 5 rings (SSSR count). The fourth-order valence-corrected chi connectivity index (χ4v) is 5.05. The Labute approximate surface area is 194 Å². The molecule has 0 saturated carbocycles. The average Bonchev–Trinajstić information content (AvgIpc) is 3.58. The molecule has 1 amide bonds. The fourth-order valence-electron chi connectivity index (χ4n) is 5.05. The number of aromatic nitrogens is 3. The van der Waals surface area contributed by atoms with E-state index in [4.69, 9.17) is 4.74 Å².